The lowest BCUT2D eigenvalue weighted by Gasteiger charge is -2.20. The third-order valence-corrected chi connectivity index (χ3v) is 4.74. The largest absolute Gasteiger partial charge is 0.497 e. The van der Waals surface area contributed by atoms with E-state index in [4.69, 9.17) is 26.2 Å². The molecule has 1 N–H and O–H groups in total. The van der Waals surface area contributed by atoms with E-state index in [0.29, 0.717) is 29.4 Å². The summed E-state index contributed by atoms with van der Waals surface area (Å²) in [5, 5.41) is 14.4. The zero-order chi connectivity index (χ0) is 22.1. The summed E-state index contributed by atoms with van der Waals surface area (Å²) in [5.74, 6) is 0.654. The van der Waals surface area contributed by atoms with Crippen LogP contribution in [0.3, 0.4) is 0 Å². The Hall–Kier alpha value is -3.06. The molecule has 1 amide bonds. The van der Waals surface area contributed by atoms with Gasteiger partial charge in [0, 0.05) is 29.5 Å². The third kappa shape index (κ3) is 5.97. The topological polar surface area (TPSA) is 88.4 Å². The lowest BCUT2D eigenvalue weighted by atomic mass is 9.97. The second-order valence-corrected chi connectivity index (χ2v) is 6.95. The summed E-state index contributed by atoms with van der Waals surface area (Å²) in [6, 6.07) is 12.8. The standard InChI is InChI=1S/C18H17ClN2O3.C4H8O2/c1-23-14-7-8-15(18(9-14)24-2)17-10-16(20-21(17)11-22)12-3-5-13(19)6-4-12;1-2-3-4(5)6/h3-9,11,17H,10H2,1-2H3;2-3H2,1H3,(H,5,6). The van der Waals surface area contributed by atoms with Gasteiger partial charge in [-0.15, -0.1) is 0 Å². The number of carboxylic acids is 1. The molecule has 0 fully saturated rings. The zero-order valence-corrected chi connectivity index (χ0v) is 17.9. The molecule has 8 heteroatoms. The normalized spacial score (nSPS) is 15.0. The van der Waals surface area contributed by atoms with E-state index in [0.717, 1.165) is 29.7 Å². The quantitative estimate of drug-likeness (QED) is 0.649. The van der Waals surface area contributed by atoms with E-state index < -0.39 is 5.97 Å². The van der Waals surface area contributed by atoms with Gasteiger partial charge in [0.25, 0.3) is 0 Å². The lowest BCUT2D eigenvalue weighted by Crippen LogP contribution is -2.18. The monoisotopic (exact) mass is 432 g/mol. The van der Waals surface area contributed by atoms with Crippen LogP contribution in [0.5, 0.6) is 11.5 Å². The minimum absolute atomic E-state index is 0.214. The molecule has 0 aromatic heterocycles. The van der Waals surface area contributed by atoms with Crippen LogP contribution < -0.4 is 9.47 Å². The first-order valence-electron chi connectivity index (χ1n) is 9.44. The fraction of sp³-hybridized carbons (Fsp3) is 0.318. The maximum absolute atomic E-state index is 11.5. The van der Waals surface area contributed by atoms with Crippen molar-refractivity contribution in [2.45, 2.75) is 32.2 Å². The average Bonchev–Trinajstić information content (AvgIpc) is 3.18. The van der Waals surface area contributed by atoms with Crippen LogP contribution in [0.15, 0.2) is 47.6 Å². The number of rotatable bonds is 7. The first-order valence-corrected chi connectivity index (χ1v) is 9.82. The molecule has 0 bridgehead atoms. The molecule has 1 atom stereocenters. The number of aliphatic carboxylic acids is 1. The lowest BCUT2D eigenvalue weighted by molar-refractivity contribution is -0.137. The van der Waals surface area contributed by atoms with Gasteiger partial charge in [-0.05, 0) is 36.2 Å². The van der Waals surface area contributed by atoms with Gasteiger partial charge in [-0.3, -0.25) is 9.59 Å². The first-order chi connectivity index (χ1) is 14.4. The van der Waals surface area contributed by atoms with Gasteiger partial charge in [0.2, 0.25) is 6.41 Å². The van der Waals surface area contributed by atoms with Gasteiger partial charge >= 0.3 is 5.97 Å². The smallest absolute Gasteiger partial charge is 0.303 e. The molecule has 160 valence electrons. The van der Waals surface area contributed by atoms with E-state index in [1.54, 1.807) is 20.3 Å². The van der Waals surface area contributed by atoms with Crippen LogP contribution in [-0.4, -0.2) is 42.4 Å². The van der Waals surface area contributed by atoms with E-state index in [9.17, 15) is 9.59 Å². The van der Waals surface area contributed by atoms with E-state index in [1.807, 2.05) is 43.3 Å². The SMILES string of the molecule is CCCC(=O)O.COc1ccc(C2CC(c3ccc(Cl)cc3)=NN2C=O)c(OC)c1. The van der Waals surface area contributed by atoms with E-state index in [-0.39, 0.29) is 6.04 Å². The molecule has 30 heavy (non-hydrogen) atoms. The highest BCUT2D eigenvalue weighted by atomic mass is 35.5. The minimum Gasteiger partial charge on any atom is -0.497 e. The molecule has 2 aromatic carbocycles. The van der Waals surface area contributed by atoms with Crippen molar-refractivity contribution in [3.05, 3.63) is 58.6 Å². The molecule has 0 saturated heterocycles. The first kappa shape index (κ1) is 23.2. The molecular formula is C22H25ClN2O5. The van der Waals surface area contributed by atoms with Crippen LogP contribution >= 0.6 is 11.6 Å². The number of benzene rings is 2. The number of carbonyl (C=O) groups excluding carboxylic acids is 1. The number of carboxylic acid groups (broad SMARTS) is 1. The van der Waals surface area contributed by atoms with Crippen LogP contribution in [0.2, 0.25) is 5.02 Å². The molecule has 1 heterocycles. The number of hydrogen-bond acceptors (Lipinski definition) is 5. The highest BCUT2D eigenvalue weighted by molar-refractivity contribution is 6.30. The third-order valence-electron chi connectivity index (χ3n) is 4.49. The highest BCUT2D eigenvalue weighted by Crippen LogP contribution is 2.38. The van der Waals surface area contributed by atoms with Crippen LogP contribution in [0.1, 0.15) is 43.4 Å². The number of hydrazone groups is 1. The number of hydrogen-bond donors (Lipinski definition) is 1. The van der Waals surface area contributed by atoms with Gasteiger partial charge in [0.05, 0.1) is 26.0 Å². The van der Waals surface area contributed by atoms with Gasteiger partial charge in [0.1, 0.15) is 11.5 Å². The fourth-order valence-corrected chi connectivity index (χ4v) is 3.13. The summed E-state index contributed by atoms with van der Waals surface area (Å²) < 4.78 is 10.7. The molecule has 2 aromatic rings. The van der Waals surface area contributed by atoms with E-state index in [1.165, 1.54) is 5.01 Å². The molecule has 0 aliphatic carbocycles. The van der Waals surface area contributed by atoms with E-state index >= 15 is 0 Å². The van der Waals surface area contributed by atoms with Gasteiger partial charge < -0.3 is 14.6 Å². The number of nitrogens with zero attached hydrogens (tertiary/aromatic N) is 2. The molecule has 0 saturated carbocycles. The Kier molecular flexibility index (Phi) is 8.68. The number of ether oxygens (including phenoxy) is 2. The molecule has 3 rings (SSSR count). The molecule has 1 aliphatic heterocycles. The van der Waals surface area contributed by atoms with Crippen molar-refractivity contribution in [3.63, 3.8) is 0 Å². The van der Waals surface area contributed by atoms with Crippen LogP contribution in [0.25, 0.3) is 0 Å². The molecular weight excluding hydrogens is 408 g/mol. The molecule has 1 unspecified atom stereocenters. The van der Waals surface area contributed by atoms with E-state index in [2.05, 4.69) is 5.10 Å². The minimum atomic E-state index is -0.711. The Balaban J connectivity index is 0.000000469. The van der Waals surface area contributed by atoms with Crippen LogP contribution in [0, 0.1) is 0 Å². The predicted octanol–water partition coefficient (Wildman–Crippen LogP) is 4.54. The molecule has 1 aliphatic rings. The Morgan fingerprint density at radius 2 is 1.93 bits per heavy atom. The fourth-order valence-electron chi connectivity index (χ4n) is 3.00. The number of halogens is 1. The van der Waals surface area contributed by atoms with Crippen molar-refractivity contribution in [1.82, 2.24) is 5.01 Å². The van der Waals surface area contributed by atoms with Crippen molar-refractivity contribution in [3.8, 4) is 11.5 Å². The summed E-state index contributed by atoms with van der Waals surface area (Å²) in [5.41, 5.74) is 2.67. The molecule has 7 nitrogen and oxygen atoms in total. The van der Waals surface area contributed by atoms with Crippen LogP contribution in [-0.2, 0) is 9.59 Å². The Bertz CT molecular complexity index is 899. The molecule has 0 spiro atoms. The second-order valence-electron chi connectivity index (χ2n) is 6.51. The van der Waals surface area contributed by atoms with Crippen molar-refractivity contribution < 1.29 is 24.2 Å². The van der Waals surface area contributed by atoms with Gasteiger partial charge in [-0.2, -0.15) is 5.10 Å². The predicted molar refractivity (Wildman–Crippen MR) is 115 cm³/mol. The van der Waals surface area contributed by atoms with Crippen molar-refractivity contribution in [1.29, 1.82) is 0 Å². The maximum atomic E-state index is 11.5. The summed E-state index contributed by atoms with van der Waals surface area (Å²) in [7, 11) is 3.20. The van der Waals surface area contributed by atoms with Crippen molar-refractivity contribution in [2.24, 2.45) is 5.10 Å². The Morgan fingerprint density at radius 1 is 1.23 bits per heavy atom. The Labute approximate surface area is 180 Å². The van der Waals surface area contributed by atoms with Crippen molar-refractivity contribution in [2.75, 3.05) is 14.2 Å². The number of amides is 1. The Morgan fingerprint density at radius 3 is 2.43 bits per heavy atom. The van der Waals surface area contributed by atoms with Gasteiger partial charge in [-0.1, -0.05) is 30.7 Å². The average molecular weight is 433 g/mol. The summed E-state index contributed by atoms with van der Waals surface area (Å²) in [6.45, 7) is 1.84. The van der Waals surface area contributed by atoms with Gasteiger partial charge in [0.15, 0.2) is 0 Å². The van der Waals surface area contributed by atoms with Gasteiger partial charge in [-0.25, -0.2) is 5.01 Å². The summed E-state index contributed by atoms with van der Waals surface area (Å²) in [6.07, 6.45) is 2.36. The van der Waals surface area contributed by atoms with Crippen LogP contribution in [0.4, 0.5) is 0 Å². The maximum Gasteiger partial charge on any atom is 0.303 e. The zero-order valence-electron chi connectivity index (χ0n) is 17.2. The second kappa shape index (κ2) is 11.2. The summed E-state index contributed by atoms with van der Waals surface area (Å²) >= 11 is 5.93. The summed E-state index contributed by atoms with van der Waals surface area (Å²) in [4.78, 5) is 21.1. The number of methoxy groups -OCH3 is 2. The number of carbonyl (C=O) groups is 2. The highest BCUT2D eigenvalue weighted by Gasteiger charge is 2.30. The van der Waals surface area contributed by atoms with Crippen molar-refractivity contribution >= 4 is 29.7 Å². The molecule has 0 radical (unpaired) electrons.